The first-order valence-electron chi connectivity index (χ1n) is 7.43. The zero-order valence-electron chi connectivity index (χ0n) is 12.4. The second-order valence-electron chi connectivity index (χ2n) is 5.25. The van der Waals surface area contributed by atoms with Crippen molar-refractivity contribution in [1.29, 1.82) is 0 Å². The van der Waals surface area contributed by atoms with Crippen LogP contribution in [0, 0.1) is 5.82 Å². The Kier molecular flexibility index (Phi) is 6.37. The summed E-state index contributed by atoms with van der Waals surface area (Å²) in [6.07, 6.45) is 1.01. The summed E-state index contributed by atoms with van der Waals surface area (Å²) in [5.74, 6) is 0.355. The van der Waals surface area contributed by atoms with E-state index in [1.807, 2.05) is 30.3 Å². The number of aliphatic hydroxyl groups is 2. The van der Waals surface area contributed by atoms with Crippen LogP contribution < -0.4 is 4.74 Å². The van der Waals surface area contributed by atoms with Gasteiger partial charge in [0.05, 0.1) is 12.7 Å². The number of hydrogen-bond acceptors (Lipinski definition) is 3. The molecule has 0 radical (unpaired) electrons. The first-order valence-corrected chi connectivity index (χ1v) is 7.43. The van der Waals surface area contributed by atoms with Crippen molar-refractivity contribution in [2.45, 2.75) is 32.0 Å². The van der Waals surface area contributed by atoms with Gasteiger partial charge in [-0.15, -0.1) is 0 Å². The summed E-state index contributed by atoms with van der Waals surface area (Å²) in [5.41, 5.74) is 1.83. The Morgan fingerprint density at radius 1 is 1.09 bits per heavy atom. The van der Waals surface area contributed by atoms with E-state index in [0.717, 1.165) is 11.1 Å². The predicted octanol–water partition coefficient (Wildman–Crippen LogP) is 3.08. The summed E-state index contributed by atoms with van der Waals surface area (Å²) in [6.45, 7) is 0.180. The maximum atomic E-state index is 13.4. The lowest BCUT2D eigenvalue weighted by Crippen LogP contribution is -2.11. The highest BCUT2D eigenvalue weighted by Gasteiger charge is 2.08. The number of benzene rings is 2. The van der Waals surface area contributed by atoms with Crippen molar-refractivity contribution in [2.75, 3.05) is 6.61 Å². The lowest BCUT2D eigenvalue weighted by molar-refractivity contribution is 0.0866. The Labute approximate surface area is 130 Å². The van der Waals surface area contributed by atoms with Gasteiger partial charge in [-0.05, 0) is 48.6 Å². The minimum absolute atomic E-state index is 0.249. The minimum Gasteiger partial charge on any atom is -0.489 e. The first kappa shape index (κ1) is 16.5. The van der Waals surface area contributed by atoms with Gasteiger partial charge in [-0.3, -0.25) is 0 Å². The van der Waals surface area contributed by atoms with Crippen molar-refractivity contribution in [3.63, 3.8) is 0 Å². The van der Waals surface area contributed by atoms with Gasteiger partial charge in [0, 0.05) is 0 Å². The molecule has 0 bridgehead atoms. The molecule has 2 aromatic rings. The van der Waals surface area contributed by atoms with Gasteiger partial charge >= 0.3 is 0 Å². The molecule has 3 nitrogen and oxygen atoms in total. The number of rotatable bonds is 8. The molecule has 0 aromatic heterocycles. The predicted molar refractivity (Wildman–Crippen MR) is 83.2 cm³/mol. The summed E-state index contributed by atoms with van der Waals surface area (Å²) in [4.78, 5) is 0. The van der Waals surface area contributed by atoms with E-state index in [4.69, 9.17) is 9.84 Å². The molecule has 0 spiro atoms. The molecule has 2 rings (SSSR count). The van der Waals surface area contributed by atoms with Gasteiger partial charge in [0.1, 0.15) is 18.2 Å². The van der Waals surface area contributed by atoms with Crippen molar-refractivity contribution >= 4 is 0 Å². The molecular weight excluding hydrogens is 283 g/mol. The van der Waals surface area contributed by atoms with Crippen molar-refractivity contribution in [3.8, 4) is 5.75 Å². The monoisotopic (exact) mass is 304 g/mol. The molecule has 2 N–H and O–H groups in total. The van der Waals surface area contributed by atoms with Gasteiger partial charge in [0.25, 0.3) is 0 Å². The van der Waals surface area contributed by atoms with E-state index >= 15 is 0 Å². The molecule has 0 saturated heterocycles. The highest BCUT2D eigenvalue weighted by Crippen LogP contribution is 2.23. The topological polar surface area (TPSA) is 49.7 Å². The first-order chi connectivity index (χ1) is 10.7. The van der Waals surface area contributed by atoms with Gasteiger partial charge in [-0.2, -0.15) is 0 Å². The molecule has 1 atom stereocenters. The number of ether oxygens (including phenoxy) is 1. The van der Waals surface area contributed by atoms with Crippen LogP contribution in [0.1, 0.15) is 24.0 Å². The van der Waals surface area contributed by atoms with Crippen LogP contribution in [0.25, 0.3) is 0 Å². The SMILES string of the molecule is OC[C@@H](O)CCCc1cc(F)ccc1OCc1ccccc1. The smallest absolute Gasteiger partial charge is 0.123 e. The number of aliphatic hydroxyl groups excluding tert-OH is 2. The quantitative estimate of drug-likeness (QED) is 0.788. The maximum absolute atomic E-state index is 13.4. The lowest BCUT2D eigenvalue weighted by atomic mass is 10.0. The fraction of sp³-hybridized carbons (Fsp3) is 0.333. The molecule has 0 aliphatic rings. The van der Waals surface area contributed by atoms with E-state index in [2.05, 4.69) is 0 Å². The average molecular weight is 304 g/mol. The van der Waals surface area contributed by atoms with Crippen LogP contribution in [-0.2, 0) is 13.0 Å². The number of halogens is 1. The third kappa shape index (κ3) is 5.13. The minimum atomic E-state index is -0.720. The molecule has 0 heterocycles. The fourth-order valence-electron chi connectivity index (χ4n) is 2.24. The Morgan fingerprint density at radius 2 is 1.86 bits per heavy atom. The van der Waals surface area contributed by atoms with Crippen LogP contribution in [0.2, 0.25) is 0 Å². The van der Waals surface area contributed by atoms with Gasteiger partial charge < -0.3 is 14.9 Å². The van der Waals surface area contributed by atoms with Gasteiger partial charge in [0.15, 0.2) is 0 Å². The van der Waals surface area contributed by atoms with E-state index in [-0.39, 0.29) is 12.4 Å². The number of hydrogen-bond donors (Lipinski definition) is 2. The Balaban J connectivity index is 1.97. The summed E-state index contributed by atoms with van der Waals surface area (Å²) >= 11 is 0. The van der Waals surface area contributed by atoms with E-state index in [1.54, 1.807) is 6.07 Å². The molecule has 118 valence electrons. The van der Waals surface area contributed by atoms with Crippen LogP contribution in [0.5, 0.6) is 5.75 Å². The summed E-state index contributed by atoms with van der Waals surface area (Å²) < 4.78 is 19.2. The van der Waals surface area contributed by atoms with E-state index < -0.39 is 6.10 Å². The molecule has 22 heavy (non-hydrogen) atoms. The molecule has 2 aromatic carbocycles. The van der Waals surface area contributed by atoms with E-state index in [0.29, 0.717) is 31.6 Å². The second kappa shape index (κ2) is 8.51. The zero-order valence-corrected chi connectivity index (χ0v) is 12.4. The number of aryl methyl sites for hydroxylation is 1. The Morgan fingerprint density at radius 3 is 2.59 bits per heavy atom. The Bertz CT molecular complexity index is 572. The molecule has 0 aliphatic carbocycles. The van der Waals surface area contributed by atoms with Crippen molar-refractivity contribution < 1.29 is 19.3 Å². The van der Waals surface area contributed by atoms with Crippen LogP contribution in [-0.4, -0.2) is 22.9 Å². The van der Waals surface area contributed by atoms with E-state index in [9.17, 15) is 9.50 Å². The fourth-order valence-corrected chi connectivity index (χ4v) is 2.24. The largest absolute Gasteiger partial charge is 0.489 e. The molecular formula is C18H21FO3. The van der Waals surface area contributed by atoms with Crippen molar-refractivity contribution in [3.05, 3.63) is 65.5 Å². The third-order valence-corrected chi connectivity index (χ3v) is 3.45. The van der Waals surface area contributed by atoms with Crippen LogP contribution >= 0.6 is 0 Å². The second-order valence-corrected chi connectivity index (χ2v) is 5.25. The Hall–Kier alpha value is -1.91. The normalized spacial score (nSPS) is 12.1. The highest BCUT2D eigenvalue weighted by atomic mass is 19.1. The zero-order chi connectivity index (χ0) is 15.8. The van der Waals surface area contributed by atoms with Gasteiger partial charge in [-0.25, -0.2) is 4.39 Å². The summed E-state index contributed by atoms with van der Waals surface area (Å²) in [5, 5.41) is 18.2. The highest BCUT2D eigenvalue weighted by molar-refractivity contribution is 5.34. The van der Waals surface area contributed by atoms with Crippen molar-refractivity contribution in [1.82, 2.24) is 0 Å². The molecule has 0 amide bonds. The van der Waals surface area contributed by atoms with Gasteiger partial charge in [0.2, 0.25) is 0 Å². The molecule has 4 heteroatoms. The average Bonchev–Trinajstić information content (AvgIpc) is 2.55. The van der Waals surface area contributed by atoms with Crippen LogP contribution in [0.3, 0.4) is 0 Å². The van der Waals surface area contributed by atoms with Crippen LogP contribution in [0.15, 0.2) is 48.5 Å². The maximum Gasteiger partial charge on any atom is 0.123 e. The molecule has 0 aliphatic heterocycles. The summed E-state index contributed by atoms with van der Waals surface area (Å²) in [7, 11) is 0. The third-order valence-electron chi connectivity index (χ3n) is 3.45. The molecule has 0 fully saturated rings. The molecule has 0 unspecified atom stereocenters. The van der Waals surface area contributed by atoms with E-state index in [1.165, 1.54) is 12.1 Å². The van der Waals surface area contributed by atoms with Gasteiger partial charge in [-0.1, -0.05) is 30.3 Å². The lowest BCUT2D eigenvalue weighted by Gasteiger charge is -2.13. The van der Waals surface area contributed by atoms with Crippen LogP contribution in [0.4, 0.5) is 4.39 Å². The molecule has 0 saturated carbocycles. The van der Waals surface area contributed by atoms with Crippen molar-refractivity contribution in [2.24, 2.45) is 0 Å². The summed E-state index contributed by atoms with van der Waals surface area (Å²) in [6, 6.07) is 14.3. The standard InChI is InChI=1S/C18H21FO3/c19-16-9-10-18(22-13-14-5-2-1-3-6-14)15(11-16)7-4-8-17(21)12-20/h1-3,5-6,9-11,17,20-21H,4,7-8,12-13H2/t17-/m0/s1.